The molecule has 0 bridgehead atoms. The largest absolute Gasteiger partial charge is 0.354 e. The van der Waals surface area contributed by atoms with Crippen molar-refractivity contribution in [3.05, 3.63) is 92.9 Å². The molecular weight excluding hydrogens is 613 g/mol. The number of halogens is 3. The van der Waals surface area contributed by atoms with Crippen molar-refractivity contribution in [1.29, 1.82) is 0 Å². The van der Waals surface area contributed by atoms with Gasteiger partial charge >= 0.3 is 0 Å². The number of sulfonamides is 1. The second kappa shape index (κ2) is 13.5. The van der Waals surface area contributed by atoms with Crippen molar-refractivity contribution in [1.82, 2.24) is 10.2 Å². The summed E-state index contributed by atoms with van der Waals surface area (Å²) in [6.45, 7) is 3.31. The Morgan fingerprint density at radius 3 is 2.13 bits per heavy atom. The van der Waals surface area contributed by atoms with Crippen LogP contribution in [0.15, 0.2) is 82.2 Å². The Balaban J connectivity index is 2.04. The Labute approximate surface area is 241 Å². The maximum absolute atomic E-state index is 13.9. The zero-order valence-electron chi connectivity index (χ0n) is 20.9. The van der Waals surface area contributed by atoms with Crippen LogP contribution in [0.5, 0.6) is 0 Å². The Morgan fingerprint density at radius 1 is 0.947 bits per heavy atom. The molecule has 0 radical (unpaired) electrons. The molecule has 0 heterocycles. The van der Waals surface area contributed by atoms with E-state index in [4.69, 9.17) is 23.2 Å². The number of carbonyl (C=O) groups is 2. The quantitative estimate of drug-likeness (QED) is 0.283. The fourth-order valence-electron chi connectivity index (χ4n) is 3.69. The summed E-state index contributed by atoms with van der Waals surface area (Å²) < 4.78 is 29.2. The molecule has 0 unspecified atom stereocenters. The van der Waals surface area contributed by atoms with Gasteiger partial charge in [0.15, 0.2) is 0 Å². The molecule has 3 aromatic carbocycles. The van der Waals surface area contributed by atoms with E-state index in [9.17, 15) is 18.0 Å². The first kappa shape index (κ1) is 30.0. The first-order chi connectivity index (χ1) is 18.1. The van der Waals surface area contributed by atoms with Gasteiger partial charge in [0.05, 0.1) is 10.6 Å². The van der Waals surface area contributed by atoms with Gasteiger partial charge in [-0.3, -0.25) is 13.9 Å². The van der Waals surface area contributed by atoms with E-state index in [0.717, 1.165) is 15.2 Å². The number of hydrogen-bond acceptors (Lipinski definition) is 4. The predicted octanol–water partition coefficient (Wildman–Crippen LogP) is 5.89. The van der Waals surface area contributed by atoms with Crippen LogP contribution in [0.1, 0.15) is 25.8 Å². The number of carbonyl (C=O) groups excluding carboxylic acids is 2. The first-order valence-corrected chi connectivity index (χ1v) is 14.9. The second-order valence-electron chi connectivity index (χ2n) is 8.49. The minimum atomic E-state index is -4.13. The summed E-state index contributed by atoms with van der Waals surface area (Å²) in [5.74, 6) is -0.966. The molecule has 1 N–H and O–H groups in total. The lowest BCUT2D eigenvalue weighted by Gasteiger charge is -2.32. The number of anilines is 1. The van der Waals surface area contributed by atoms with Crippen molar-refractivity contribution in [3.8, 4) is 0 Å². The van der Waals surface area contributed by atoms with Crippen molar-refractivity contribution in [2.75, 3.05) is 17.4 Å². The lowest BCUT2D eigenvalue weighted by atomic mass is 10.1. The monoisotopic (exact) mass is 639 g/mol. The van der Waals surface area contributed by atoms with Crippen LogP contribution < -0.4 is 9.62 Å². The summed E-state index contributed by atoms with van der Waals surface area (Å²) in [7, 11) is -4.13. The molecule has 202 valence electrons. The van der Waals surface area contributed by atoms with Crippen molar-refractivity contribution in [3.63, 3.8) is 0 Å². The summed E-state index contributed by atoms with van der Waals surface area (Å²) in [6, 6.07) is 18.5. The van der Waals surface area contributed by atoms with E-state index in [1.807, 2.05) is 6.92 Å². The molecule has 0 saturated carbocycles. The van der Waals surface area contributed by atoms with Gasteiger partial charge in [-0.25, -0.2) is 8.42 Å². The predicted molar refractivity (Wildman–Crippen MR) is 155 cm³/mol. The molecule has 11 heteroatoms. The molecule has 38 heavy (non-hydrogen) atoms. The Bertz CT molecular complexity index is 1350. The SMILES string of the molecule is CCCNC(=O)[C@@H](C)N(Cc1c(Cl)cccc1Cl)C(=O)CN(c1ccc(Br)cc1)S(=O)(=O)c1ccccc1. The third-order valence-corrected chi connectivity index (χ3v) is 8.86. The van der Waals surface area contributed by atoms with Crippen molar-refractivity contribution in [2.24, 2.45) is 0 Å². The highest BCUT2D eigenvalue weighted by molar-refractivity contribution is 9.10. The van der Waals surface area contributed by atoms with Gasteiger partial charge in [0.25, 0.3) is 10.0 Å². The van der Waals surface area contributed by atoms with Crippen LogP contribution >= 0.6 is 39.1 Å². The molecule has 7 nitrogen and oxygen atoms in total. The molecule has 2 amide bonds. The molecular formula is C27H28BrCl2N3O4S. The molecule has 0 saturated heterocycles. The van der Waals surface area contributed by atoms with Crippen molar-refractivity contribution >= 4 is 66.7 Å². The maximum Gasteiger partial charge on any atom is 0.264 e. The highest BCUT2D eigenvalue weighted by atomic mass is 79.9. The highest BCUT2D eigenvalue weighted by Crippen LogP contribution is 2.28. The molecule has 0 aliphatic carbocycles. The Morgan fingerprint density at radius 2 is 1.55 bits per heavy atom. The van der Waals surface area contributed by atoms with Crippen molar-refractivity contribution in [2.45, 2.75) is 37.8 Å². The summed E-state index contributed by atoms with van der Waals surface area (Å²) in [5.41, 5.74) is 0.754. The van der Waals surface area contributed by atoms with Gasteiger partial charge in [0.1, 0.15) is 12.6 Å². The first-order valence-electron chi connectivity index (χ1n) is 11.9. The number of benzene rings is 3. The number of amides is 2. The van der Waals surface area contributed by atoms with E-state index in [2.05, 4.69) is 21.2 Å². The molecule has 3 rings (SSSR count). The van der Waals surface area contributed by atoms with Gasteiger partial charge in [-0.05, 0) is 61.9 Å². The van der Waals surface area contributed by atoms with Gasteiger partial charge in [0.2, 0.25) is 11.8 Å². The van der Waals surface area contributed by atoms with E-state index in [1.165, 1.54) is 17.0 Å². The highest BCUT2D eigenvalue weighted by Gasteiger charge is 2.33. The zero-order chi connectivity index (χ0) is 27.9. The van der Waals surface area contributed by atoms with E-state index in [1.54, 1.807) is 67.6 Å². The van der Waals surface area contributed by atoms with E-state index >= 15 is 0 Å². The van der Waals surface area contributed by atoms with Gasteiger partial charge < -0.3 is 10.2 Å². The van der Waals surface area contributed by atoms with Gasteiger partial charge in [-0.2, -0.15) is 0 Å². The van der Waals surface area contributed by atoms with Gasteiger partial charge in [-0.15, -0.1) is 0 Å². The number of rotatable bonds is 11. The average Bonchev–Trinajstić information content (AvgIpc) is 2.90. The molecule has 1 atom stereocenters. The normalized spacial score (nSPS) is 12.0. The van der Waals surface area contributed by atoms with E-state index < -0.39 is 28.5 Å². The topological polar surface area (TPSA) is 86.8 Å². The molecule has 0 aliphatic heterocycles. The smallest absolute Gasteiger partial charge is 0.264 e. The Hall–Kier alpha value is -2.59. The van der Waals surface area contributed by atoms with Crippen LogP contribution in [0, 0.1) is 0 Å². The van der Waals surface area contributed by atoms with E-state index in [0.29, 0.717) is 27.8 Å². The summed E-state index contributed by atoms with van der Waals surface area (Å²) >= 11 is 16.1. The molecule has 0 aromatic heterocycles. The third kappa shape index (κ3) is 7.28. The fourth-order valence-corrected chi connectivity index (χ4v) is 5.90. The van der Waals surface area contributed by atoms with E-state index in [-0.39, 0.29) is 17.3 Å². The molecule has 0 aliphatic rings. The minimum absolute atomic E-state index is 0.0326. The van der Waals surface area contributed by atoms with Crippen LogP contribution in [0.4, 0.5) is 5.69 Å². The number of nitrogens with zero attached hydrogens (tertiary/aromatic N) is 2. The van der Waals surface area contributed by atoms with Crippen LogP contribution in [-0.2, 0) is 26.2 Å². The summed E-state index contributed by atoms with van der Waals surface area (Å²) in [4.78, 5) is 28.1. The lowest BCUT2D eigenvalue weighted by Crippen LogP contribution is -2.51. The maximum atomic E-state index is 13.9. The number of hydrogen-bond donors (Lipinski definition) is 1. The van der Waals surface area contributed by atoms with Gasteiger partial charge in [0, 0.05) is 33.2 Å². The third-order valence-electron chi connectivity index (χ3n) is 5.83. The zero-order valence-corrected chi connectivity index (χ0v) is 24.8. The van der Waals surface area contributed by atoms with Crippen LogP contribution in [0.25, 0.3) is 0 Å². The molecule has 0 spiro atoms. The van der Waals surface area contributed by atoms with Crippen LogP contribution in [-0.4, -0.2) is 44.3 Å². The van der Waals surface area contributed by atoms with Crippen molar-refractivity contribution < 1.29 is 18.0 Å². The van der Waals surface area contributed by atoms with Gasteiger partial charge in [-0.1, -0.05) is 70.3 Å². The fraction of sp³-hybridized carbons (Fsp3) is 0.259. The van der Waals surface area contributed by atoms with Crippen LogP contribution in [0.3, 0.4) is 0 Å². The lowest BCUT2D eigenvalue weighted by molar-refractivity contribution is -0.139. The number of nitrogens with one attached hydrogen (secondary N) is 1. The minimum Gasteiger partial charge on any atom is -0.354 e. The standard InChI is InChI=1S/C27H28BrCl2N3O4S/c1-3-16-31-27(35)19(2)32(17-23-24(29)10-7-11-25(23)30)26(34)18-33(21-14-12-20(28)13-15-21)38(36,37)22-8-5-4-6-9-22/h4-15,19H,3,16-18H2,1-2H3,(H,31,35)/t19-/m1/s1. The summed E-state index contributed by atoms with van der Waals surface area (Å²) in [5, 5.41) is 3.46. The Kier molecular flexibility index (Phi) is 10.6. The average molecular weight is 641 g/mol. The molecule has 3 aromatic rings. The summed E-state index contributed by atoms with van der Waals surface area (Å²) in [6.07, 6.45) is 0.718. The second-order valence-corrected chi connectivity index (χ2v) is 12.1. The van der Waals surface area contributed by atoms with Crippen LogP contribution in [0.2, 0.25) is 10.0 Å². The molecule has 0 fully saturated rings.